The van der Waals surface area contributed by atoms with Gasteiger partial charge in [0.25, 0.3) is 0 Å². The first-order chi connectivity index (χ1) is 11.1. The first-order valence-corrected chi connectivity index (χ1v) is 7.96. The number of rotatable bonds is 8. The Morgan fingerprint density at radius 2 is 1.91 bits per heavy atom. The van der Waals surface area contributed by atoms with Gasteiger partial charge in [-0.2, -0.15) is 0 Å². The van der Waals surface area contributed by atoms with E-state index in [9.17, 15) is 5.11 Å². The Morgan fingerprint density at radius 1 is 1.17 bits per heavy atom. The van der Waals surface area contributed by atoms with Gasteiger partial charge in [0.15, 0.2) is 0 Å². The first kappa shape index (κ1) is 17.8. The third-order valence-corrected chi connectivity index (χ3v) is 3.73. The van der Waals surface area contributed by atoms with Crippen LogP contribution >= 0.6 is 11.6 Å². The highest BCUT2D eigenvalue weighted by atomic mass is 35.5. The van der Waals surface area contributed by atoms with Gasteiger partial charge < -0.3 is 20.3 Å². The summed E-state index contributed by atoms with van der Waals surface area (Å²) in [7, 11) is 0. The summed E-state index contributed by atoms with van der Waals surface area (Å²) < 4.78 is 5.68. The van der Waals surface area contributed by atoms with Gasteiger partial charge in [-0.3, -0.25) is 0 Å². The number of ether oxygens (including phenoxy) is 1. The van der Waals surface area contributed by atoms with Crippen LogP contribution in [0.5, 0.6) is 5.75 Å². The summed E-state index contributed by atoms with van der Waals surface area (Å²) in [5.41, 5.74) is 1.64. The van der Waals surface area contributed by atoms with Crippen LogP contribution in [0.2, 0.25) is 5.02 Å². The summed E-state index contributed by atoms with van der Waals surface area (Å²) in [6, 6.07) is 14.6. The van der Waals surface area contributed by atoms with Gasteiger partial charge in [-0.05, 0) is 42.3 Å². The maximum absolute atomic E-state index is 10.2. The maximum Gasteiger partial charge on any atom is 0.119 e. The summed E-state index contributed by atoms with van der Waals surface area (Å²) >= 11 is 5.92. The molecule has 23 heavy (non-hydrogen) atoms. The lowest BCUT2D eigenvalue weighted by Crippen LogP contribution is -2.34. The third-order valence-electron chi connectivity index (χ3n) is 3.50. The van der Waals surface area contributed by atoms with Crippen molar-refractivity contribution < 1.29 is 14.9 Å². The lowest BCUT2D eigenvalue weighted by atomic mass is 10.1. The summed E-state index contributed by atoms with van der Waals surface area (Å²) in [5, 5.41) is 23.0. The quantitative estimate of drug-likeness (QED) is 0.694. The second-order valence-corrected chi connectivity index (χ2v) is 5.93. The zero-order chi connectivity index (χ0) is 16.7. The number of halogens is 1. The topological polar surface area (TPSA) is 61.7 Å². The van der Waals surface area contributed by atoms with Crippen LogP contribution in [-0.2, 0) is 6.61 Å². The highest BCUT2D eigenvalue weighted by molar-refractivity contribution is 6.30. The van der Waals surface area contributed by atoms with Crippen LogP contribution in [0.3, 0.4) is 0 Å². The Labute approximate surface area is 141 Å². The van der Waals surface area contributed by atoms with Crippen molar-refractivity contribution in [3.05, 3.63) is 64.7 Å². The van der Waals surface area contributed by atoms with E-state index in [-0.39, 0.29) is 12.6 Å². The Hall–Kier alpha value is -1.59. The molecule has 3 N–H and O–H groups in total. The van der Waals surface area contributed by atoms with Crippen molar-refractivity contribution in [3.8, 4) is 5.75 Å². The third kappa shape index (κ3) is 5.84. The summed E-state index contributed by atoms with van der Waals surface area (Å²) in [4.78, 5) is 0. The van der Waals surface area contributed by atoms with Crippen LogP contribution in [-0.4, -0.2) is 29.4 Å². The summed E-state index contributed by atoms with van der Waals surface area (Å²) in [5.74, 6) is 0.756. The van der Waals surface area contributed by atoms with Crippen LogP contribution < -0.4 is 10.1 Å². The molecule has 2 atom stereocenters. The molecular formula is C18H22ClNO3. The van der Waals surface area contributed by atoms with Crippen LogP contribution in [0.15, 0.2) is 48.5 Å². The van der Waals surface area contributed by atoms with Crippen molar-refractivity contribution in [1.82, 2.24) is 5.32 Å². The zero-order valence-electron chi connectivity index (χ0n) is 13.1. The summed E-state index contributed by atoms with van der Waals surface area (Å²) in [6.45, 7) is 2.93. The molecule has 5 heteroatoms. The lowest BCUT2D eigenvalue weighted by Gasteiger charge is -2.18. The molecule has 0 aliphatic carbocycles. The van der Waals surface area contributed by atoms with Crippen LogP contribution in [0.25, 0.3) is 0 Å². The van der Waals surface area contributed by atoms with Crippen LogP contribution in [0.4, 0.5) is 0 Å². The van der Waals surface area contributed by atoms with Crippen molar-refractivity contribution in [3.63, 3.8) is 0 Å². The number of benzene rings is 2. The van der Waals surface area contributed by atoms with E-state index >= 15 is 0 Å². The van der Waals surface area contributed by atoms with E-state index in [1.807, 2.05) is 43.3 Å². The Balaban J connectivity index is 1.74. The first-order valence-electron chi connectivity index (χ1n) is 7.58. The number of hydrogen-bond acceptors (Lipinski definition) is 4. The fourth-order valence-corrected chi connectivity index (χ4v) is 2.31. The standard InChI is InChI=1S/C18H22ClNO3/c1-13(12-23-17-7-5-14(11-21)6-8-17)20-10-18(22)15-3-2-4-16(19)9-15/h2-9,13,18,20-22H,10-12H2,1H3. The van der Waals surface area contributed by atoms with Gasteiger partial charge >= 0.3 is 0 Å². The number of aliphatic hydroxyl groups excluding tert-OH is 2. The average Bonchev–Trinajstić information content (AvgIpc) is 2.58. The minimum absolute atomic E-state index is 0.0274. The second-order valence-electron chi connectivity index (χ2n) is 5.49. The average molecular weight is 336 g/mol. The zero-order valence-corrected chi connectivity index (χ0v) is 13.8. The van der Waals surface area contributed by atoms with E-state index in [1.165, 1.54) is 0 Å². The highest BCUT2D eigenvalue weighted by Gasteiger charge is 2.10. The molecular weight excluding hydrogens is 314 g/mol. The van der Waals surface area contributed by atoms with Crippen LogP contribution in [0.1, 0.15) is 24.2 Å². The van der Waals surface area contributed by atoms with Gasteiger partial charge in [0.1, 0.15) is 12.4 Å². The van der Waals surface area contributed by atoms with Gasteiger partial charge in [-0.1, -0.05) is 35.9 Å². The molecule has 0 bridgehead atoms. The molecule has 2 aromatic carbocycles. The molecule has 0 fully saturated rings. The molecule has 2 unspecified atom stereocenters. The van der Waals surface area contributed by atoms with E-state index < -0.39 is 6.10 Å². The predicted octanol–water partition coefficient (Wildman–Crippen LogP) is 2.92. The fourth-order valence-electron chi connectivity index (χ4n) is 2.12. The van der Waals surface area contributed by atoms with Crippen molar-refractivity contribution in [2.45, 2.75) is 25.7 Å². The number of hydrogen-bond donors (Lipinski definition) is 3. The molecule has 0 saturated carbocycles. The van der Waals surface area contributed by atoms with Crippen molar-refractivity contribution in [2.75, 3.05) is 13.2 Å². The molecule has 4 nitrogen and oxygen atoms in total. The Morgan fingerprint density at radius 3 is 2.57 bits per heavy atom. The van der Waals surface area contributed by atoms with Crippen molar-refractivity contribution >= 4 is 11.6 Å². The number of nitrogens with one attached hydrogen (secondary N) is 1. The summed E-state index contributed by atoms with van der Waals surface area (Å²) in [6.07, 6.45) is -0.611. The Kier molecular flexibility index (Phi) is 6.86. The largest absolute Gasteiger partial charge is 0.492 e. The van der Waals surface area contributed by atoms with Crippen molar-refractivity contribution in [2.24, 2.45) is 0 Å². The molecule has 0 aromatic heterocycles. The molecule has 2 aromatic rings. The number of aliphatic hydroxyl groups is 2. The molecule has 124 valence electrons. The van der Waals surface area contributed by atoms with Gasteiger partial charge in [0, 0.05) is 17.6 Å². The fraction of sp³-hybridized carbons (Fsp3) is 0.333. The van der Waals surface area contributed by atoms with E-state index in [0.29, 0.717) is 18.2 Å². The molecule has 0 saturated heterocycles. The van der Waals surface area contributed by atoms with Gasteiger partial charge in [-0.15, -0.1) is 0 Å². The molecule has 0 amide bonds. The second kappa shape index (κ2) is 8.89. The normalized spacial score (nSPS) is 13.6. The smallest absolute Gasteiger partial charge is 0.119 e. The molecule has 0 aliphatic rings. The van der Waals surface area contributed by atoms with Crippen molar-refractivity contribution in [1.29, 1.82) is 0 Å². The minimum atomic E-state index is -0.611. The highest BCUT2D eigenvalue weighted by Crippen LogP contribution is 2.17. The molecule has 0 aliphatic heterocycles. The maximum atomic E-state index is 10.2. The SMILES string of the molecule is CC(COc1ccc(CO)cc1)NCC(O)c1cccc(Cl)c1. The van der Waals surface area contributed by atoms with E-state index in [1.54, 1.807) is 12.1 Å². The monoisotopic (exact) mass is 335 g/mol. The molecule has 0 radical (unpaired) electrons. The lowest BCUT2D eigenvalue weighted by molar-refractivity contribution is 0.163. The van der Waals surface area contributed by atoms with Gasteiger partial charge in [0.05, 0.1) is 12.7 Å². The van der Waals surface area contributed by atoms with E-state index in [4.69, 9.17) is 21.4 Å². The van der Waals surface area contributed by atoms with E-state index in [0.717, 1.165) is 16.9 Å². The van der Waals surface area contributed by atoms with E-state index in [2.05, 4.69) is 5.32 Å². The molecule has 0 heterocycles. The molecule has 2 rings (SSSR count). The predicted molar refractivity (Wildman–Crippen MR) is 91.7 cm³/mol. The minimum Gasteiger partial charge on any atom is -0.492 e. The molecule has 0 spiro atoms. The van der Waals surface area contributed by atoms with Crippen LogP contribution in [0, 0.1) is 0 Å². The van der Waals surface area contributed by atoms with Gasteiger partial charge in [-0.25, -0.2) is 0 Å². The Bertz CT molecular complexity index is 603. The van der Waals surface area contributed by atoms with Gasteiger partial charge in [0.2, 0.25) is 0 Å².